The maximum atomic E-state index is 12.3. The molecule has 0 saturated heterocycles. The summed E-state index contributed by atoms with van der Waals surface area (Å²) in [6, 6.07) is 12.9. The van der Waals surface area contributed by atoms with Gasteiger partial charge < -0.3 is 14.8 Å². The number of hydrazone groups is 1. The third kappa shape index (κ3) is 7.81. The van der Waals surface area contributed by atoms with Gasteiger partial charge in [-0.2, -0.15) is 5.10 Å². The molecule has 0 aromatic heterocycles. The molecule has 0 aliphatic rings. The van der Waals surface area contributed by atoms with Crippen molar-refractivity contribution in [3.8, 4) is 11.5 Å². The fraction of sp³-hybridized carbons (Fsp3) is 0.125. The third-order valence-corrected chi connectivity index (χ3v) is 5.60. The van der Waals surface area contributed by atoms with E-state index in [9.17, 15) is 19.7 Å². The molecule has 37 heavy (non-hydrogen) atoms. The number of rotatable bonds is 10. The molecule has 0 spiro atoms. The lowest BCUT2D eigenvalue weighted by atomic mass is 10.2. The number of anilines is 1. The van der Waals surface area contributed by atoms with Crippen LogP contribution in [-0.4, -0.2) is 36.2 Å². The van der Waals surface area contributed by atoms with Crippen LogP contribution < -0.4 is 20.2 Å². The molecule has 2 amide bonds. The van der Waals surface area contributed by atoms with Crippen LogP contribution >= 0.6 is 34.8 Å². The lowest BCUT2D eigenvalue weighted by Gasteiger charge is -2.14. The highest BCUT2D eigenvalue weighted by molar-refractivity contribution is 6.42. The first kappa shape index (κ1) is 27.7. The second-order valence-corrected chi connectivity index (χ2v) is 8.46. The van der Waals surface area contributed by atoms with Crippen molar-refractivity contribution in [2.45, 2.75) is 6.92 Å². The molecule has 0 atom stereocenters. The van der Waals surface area contributed by atoms with Crippen LogP contribution in [-0.2, 0) is 4.79 Å². The highest BCUT2D eigenvalue weighted by atomic mass is 35.5. The molecule has 10 nitrogen and oxygen atoms in total. The van der Waals surface area contributed by atoms with Crippen molar-refractivity contribution in [1.29, 1.82) is 0 Å². The average Bonchev–Trinajstić information content (AvgIpc) is 2.86. The van der Waals surface area contributed by atoms with Crippen LogP contribution in [0.5, 0.6) is 11.5 Å². The van der Waals surface area contributed by atoms with E-state index in [2.05, 4.69) is 15.8 Å². The van der Waals surface area contributed by atoms with Gasteiger partial charge in [0, 0.05) is 23.4 Å². The number of benzene rings is 3. The quantitative estimate of drug-likeness (QED) is 0.183. The lowest BCUT2D eigenvalue weighted by molar-refractivity contribution is -0.384. The molecule has 3 rings (SSSR count). The zero-order valence-electron chi connectivity index (χ0n) is 19.2. The Hall–Kier alpha value is -3.86. The van der Waals surface area contributed by atoms with Gasteiger partial charge in [-0.05, 0) is 48.9 Å². The van der Waals surface area contributed by atoms with Gasteiger partial charge in [0.1, 0.15) is 0 Å². The summed E-state index contributed by atoms with van der Waals surface area (Å²) < 4.78 is 11.2. The molecule has 0 radical (unpaired) electrons. The normalized spacial score (nSPS) is 10.7. The maximum Gasteiger partial charge on any atom is 0.271 e. The first-order chi connectivity index (χ1) is 17.7. The molecule has 0 unspecified atom stereocenters. The summed E-state index contributed by atoms with van der Waals surface area (Å²) in [6.45, 7) is 1.67. The molecule has 0 fully saturated rings. The zero-order chi connectivity index (χ0) is 26.9. The van der Waals surface area contributed by atoms with Gasteiger partial charge in [0.25, 0.3) is 17.5 Å². The summed E-state index contributed by atoms with van der Waals surface area (Å²) in [6.07, 6.45) is 1.31. The van der Waals surface area contributed by atoms with Gasteiger partial charge in [-0.25, -0.2) is 5.43 Å². The summed E-state index contributed by atoms with van der Waals surface area (Å²) in [5.74, 6) is -0.704. The molecule has 13 heteroatoms. The minimum Gasteiger partial charge on any atom is -0.490 e. The molecule has 0 aliphatic heterocycles. The Balaban J connectivity index is 1.67. The number of halogens is 3. The van der Waals surface area contributed by atoms with Crippen LogP contribution in [0.4, 0.5) is 11.4 Å². The van der Waals surface area contributed by atoms with Crippen LogP contribution in [0.1, 0.15) is 22.8 Å². The fourth-order valence-electron chi connectivity index (χ4n) is 2.96. The van der Waals surface area contributed by atoms with E-state index >= 15 is 0 Å². The lowest BCUT2D eigenvalue weighted by Crippen LogP contribution is -2.20. The summed E-state index contributed by atoms with van der Waals surface area (Å²) in [5.41, 5.74) is 3.05. The van der Waals surface area contributed by atoms with E-state index in [1.54, 1.807) is 25.1 Å². The smallest absolute Gasteiger partial charge is 0.271 e. The second kappa shape index (κ2) is 12.9. The van der Waals surface area contributed by atoms with Crippen LogP contribution in [0.15, 0.2) is 59.7 Å². The van der Waals surface area contributed by atoms with E-state index in [-0.39, 0.29) is 41.0 Å². The van der Waals surface area contributed by atoms with E-state index in [1.807, 2.05) is 0 Å². The fourth-order valence-corrected chi connectivity index (χ4v) is 3.54. The maximum absolute atomic E-state index is 12.3. The Bertz CT molecular complexity index is 1370. The van der Waals surface area contributed by atoms with Gasteiger partial charge in [-0.3, -0.25) is 19.7 Å². The Morgan fingerprint density at radius 1 is 1.03 bits per heavy atom. The molecule has 3 aromatic rings. The number of ether oxygens (including phenoxy) is 2. The molecule has 0 saturated carbocycles. The van der Waals surface area contributed by atoms with E-state index in [0.29, 0.717) is 21.3 Å². The Morgan fingerprint density at radius 2 is 1.81 bits per heavy atom. The number of nitro benzene ring substituents is 1. The predicted octanol–water partition coefficient (Wildman–Crippen LogP) is 5.74. The Morgan fingerprint density at radius 3 is 2.51 bits per heavy atom. The monoisotopic (exact) mass is 564 g/mol. The standard InChI is InChI=1S/C24H19Cl3N4O6/c1-2-36-21-9-14(12-28-30-24(33)15-4-3-5-17(10-15)31(34)35)8-20(27)23(21)37-13-22(32)29-16-6-7-18(25)19(26)11-16/h3-12H,2,13H2,1H3,(H,29,32)(H,30,33)/b28-12+. The molecule has 3 aromatic carbocycles. The summed E-state index contributed by atoms with van der Waals surface area (Å²) in [7, 11) is 0. The number of hydrogen-bond donors (Lipinski definition) is 2. The number of carbonyl (C=O) groups excluding carboxylic acids is 2. The largest absolute Gasteiger partial charge is 0.490 e. The molecule has 2 N–H and O–H groups in total. The Kier molecular flexibility index (Phi) is 9.67. The molecule has 0 bridgehead atoms. The SMILES string of the molecule is CCOc1cc(/C=N/NC(=O)c2cccc([N+](=O)[O-])c2)cc(Cl)c1OCC(=O)Nc1ccc(Cl)c(Cl)c1. The van der Waals surface area contributed by atoms with E-state index in [4.69, 9.17) is 44.3 Å². The van der Waals surface area contributed by atoms with Crippen molar-refractivity contribution in [3.05, 3.63) is 90.9 Å². The van der Waals surface area contributed by atoms with Gasteiger partial charge in [-0.15, -0.1) is 0 Å². The van der Waals surface area contributed by atoms with Crippen molar-refractivity contribution in [2.24, 2.45) is 5.10 Å². The highest BCUT2D eigenvalue weighted by Gasteiger charge is 2.15. The first-order valence-corrected chi connectivity index (χ1v) is 11.7. The second-order valence-electron chi connectivity index (χ2n) is 7.24. The number of nitrogens with one attached hydrogen (secondary N) is 2. The molecule has 192 valence electrons. The molecule has 0 aliphatic carbocycles. The molecular formula is C24H19Cl3N4O6. The average molecular weight is 566 g/mol. The summed E-state index contributed by atoms with van der Waals surface area (Å²) >= 11 is 18.2. The zero-order valence-corrected chi connectivity index (χ0v) is 21.4. The van der Waals surface area contributed by atoms with Crippen LogP contribution in [0, 0.1) is 10.1 Å². The van der Waals surface area contributed by atoms with Gasteiger partial charge in [-0.1, -0.05) is 40.9 Å². The summed E-state index contributed by atoms with van der Waals surface area (Å²) in [5, 5.41) is 18.2. The first-order valence-electron chi connectivity index (χ1n) is 10.6. The van der Waals surface area contributed by atoms with Gasteiger partial charge in [0.2, 0.25) is 0 Å². The van der Waals surface area contributed by atoms with E-state index < -0.39 is 16.7 Å². The minimum atomic E-state index is -0.635. The molecule has 0 heterocycles. The number of nitro groups is 1. The number of nitrogens with zero attached hydrogens (tertiary/aromatic N) is 2. The molecular weight excluding hydrogens is 547 g/mol. The van der Waals surface area contributed by atoms with Crippen molar-refractivity contribution in [2.75, 3.05) is 18.5 Å². The van der Waals surface area contributed by atoms with Crippen LogP contribution in [0.25, 0.3) is 0 Å². The van der Waals surface area contributed by atoms with Crippen molar-refractivity contribution in [1.82, 2.24) is 5.43 Å². The van der Waals surface area contributed by atoms with E-state index in [0.717, 1.165) is 6.07 Å². The van der Waals surface area contributed by atoms with Gasteiger partial charge in [0.05, 0.1) is 32.8 Å². The van der Waals surface area contributed by atoms with Crippen LogP contribution in [0.3, 0.4) is 0 Å². The van der Waals surface area contributed by atoms with Crippen molar-refractivity contribution in [3.63, 3.8) is 0 Å². The third-order valence-electron chi connectivity index (χ3n) is 4.58. The highest BCUT2D eigenvalue weighted by Crippen LogP contribution is 2.36. The number of carbonyl (C=O) groups is 2. The Labute approximate surface area is 226 Å². The summed E-state index contributed by atoms with van der Waals surface area (Å²) in [4.78, 5) is 34.8. The topological polar surface area (TPSA) is 132 Å². The van der Waals surface area contributed by atoms with Crippen molar-refractivity contribution >= 4 is 64.2 Å². The van der Waals surface area contributed by atoms with Crippen molar-refractivity contribution < 1.29 is 24.0 Å². The number of amides is 2. The number of non-ortho nitro benzene ring substituents is 1. The van der Waals surface area contributed by atoms with E-state index in [1.165, 1.54) is 36.5 Å². The van der Waals surface area contributed by atoms with Crippen LogP contribution in [0.2, 0.25) is 15.1 Å². The number of hydrogen-bond acceptors (Lipinski definition) is 7. The van der Waals surface area contributed by atoms with Gasteiger partial charge in [0.15, 0.2) is 18.1 Å². The minimum absolute atomic E-state index is 0.0716. The predicted molar refractivity (Wildman–Crippen MR) is 141 cm³/mol. The van der Waals surface area contributed by atoms with Gasteiger partial charge >= 0.3 is 0 Å².